The van der Waals surface area contributed by atoms with Crippen LogP contribution in [0.2, 0.25) is 0 Å². The number of carbonyl (C=O) groups is 1. The molecule has 0 atom stereocenters. The molecule has 0 aliphatic carbocycles. The fraction of sp³-hybridized carbons (Fsp3) is 0.286. The Kier molecular flexibility index (Phi) is 3.90. The molecule has 2 aromatic rings. The van der Waals surface area contributed by atoms with Gasteiger partial charge in [-0.2, -0.15) is 0 Å². The number of amides is 1. The predicted molar refractivity (Wildman–Crippen MR) is 73.4 cm³/mol. The van der Waals surface area contributed by atoms with Gasteiger partial charge in [-0.05, 0) is 12.1 Å². The van der Waals surface area contributed by atoms with Crippen molar-refractivity contribution in [1.29, 1.82) is 0 Å². The molecule has 1 amide bonds. The van der Waals surface area contributed by atoms with Crippen LogP contribution < -0.4 is 19.5 Å². The van der Waals surface area contributed by atoms with E-state index in [9.17, 15) is 4.79 Å². The van der Waals surface area contributed by atoms with Crippen molar-refractivity contribution in [2.45, 2.75) is 6.54 Å². The van der Waals surface area contributed by atoms with Crippen LogP contribution in [-0.2, 0) is 11.3 Å². The molecular weight excluding hydrogens is 274 g/mol. The van der Waals surface area contributed by atoms with E-state index in [2.05, 4.69) is 15.3 Å². The van der Waals surface area contributed by atoms with Crippen LogP contribution >= 0.6 is 0 Å². The van der Waals surface area contributed by atoms with Crippen LogP contribution in [0.15, 0.2) is 30.6 Å². The van der Waals surface area contributed by atoms with Crippen LogP contribution in [0, 0.1) is 0 Å². The minimum atomic E-state index is -0.221. The van der Waals surface area contributed by atoms with Gasteiger partial charge in [0.15, 0.2) is 18.1 Å². The topological polar surface area (TPSA) is 85.5 Å². The summed E-state index contributed by atoms with van der Waals surface area (Å²) in [6.45, 7) is 1.33. The van der Waals surface area contributed by atoms with Crippen LogP contribution in [0.4, 0.5) is 0 Å². The molecule has 21 heavy (non-hydrogen) atoms. The third kappa shape index (κ3) is 3.44. The number of nitrogens with one attached hydrogen (secondary N) is 2. The van der Waals surface area contributed by atoms with Crippen molar-refractivity contribution < 1.29 is 19.0 Å². The van der Waals surface area contributed by atoms with E-state index < -0.39 is 0 Å². The molecule has 1 aromatic carbocycles. The molecule has 110 valence electrons. The van der Waals surface area contributed by atoms with Crippen LogP contribution in [0.1, 0.15) is 5.82 Å². The number of H-pyrrole nitrogens is 1. The first-order valence-electron chi connectivity index (χ1n) is 6.59. The van der Waals surface area contributed by atoms with Crippen molar-refractivity contribution in [3.8, 4) is 17.2 Å². The van der Waals surface area contributed by atoms with Crippen molar-refractivity contribution in [1.82, 2.24) is 15.3 Å². The Bertz CT molecular complexity index is 613. The van der Waals surface area contributed by atoms with Gasteiger partial charge < -0.3 is 24.5 Å². The lowest BCUT2D eigenvalue weighted by atomic mass is 10.3. The first-order valence-corrected chi connectivity index (χ1v) is 6.59. The molecule has 1 aliphatic heterocycles. The zero-order valence-corrected chi connectivity index (χ0v) is 11.3. The summed E-state index contributed by atoms with van der Waals surface area (Å²) in [6, 6.07) is 5.23. The number of benzene rings is 1. The number of rotatable bonds is 5. The van der Waals surface area contributed by atoms with Gasteiger partial charge in [0.2, 0.25) is 0 Å². The molecule has 2 N–H and O–H groups in total. The van der Waals surface area contributed by atoms with E-state index in [1.165, 1.54) is 0 Å². The second-order valence-corrected chi connectivity index (χ2v) is 4.41. The highest BCUT2D eigenvalue weighted by Crippen LogP contribution is 2.33. The Morgan fingerprint density at radius 1 is 1.33 bits per heavy atom. The molecule has 0 bridgehead atoms. The number of imidazole rings is 1. The molecule has 0 spiro atoms. The average Bonchev–Trinajstić information content (AvgIpc) is 3.04. The molecule has 1 aliphatic rings. The van der Waals surface area contributed by atoms with E-state index >= 15 is 0 Å². The van der Waals surface area contributed by atoms with Gasteiger partial charge in [0.25, 0.3) is 5.91 Å². The summed E-state index contributed by atoms with van der Waals surface area (Å²) in [5.74, 6) is 2.36. The molecule has 7 heteroatoms. The van der Waals surface area contributed by atoms with Gasteiger partial charge in [-0.15, -0.1) is 0 Å². The van der Waals surface area contributed by atoms with Crippen molar-refractivity contribution in [3.05, 3.63) is 36.4 Å². The third-order valence-corrected chi connectivity index (χ3v) is 2.89. The van der Waals surface area contributed by atoms with Gasteiger partial charge in [0, 0.05) is 18.5 Å². The highest BCUT2D eigenvalue weighted by Gasteiger charge is 2.12. The van der Waals surface area contributed by atoms with Crippen molar-refractivity contribution in [2.75, 3.05) is 19.8 Å². The Balaban J connectivity index is 1.49. The molecule has 0 unspecified atom stereocenters. The summed E-state index contributed by atoms with van der Waals surface area (Å²) >= 11 is 0. The van der Waals surface area contributed by atoms with E-state index in [0.29, 0.717) is 42.8 Å². The van der Waals surface area contributed by atoms with Crippen LogP contribution in [0.3, 0.4) is 0 Å². The maximum atomic E-state index is 11.7. The Morgan fingerprint density at radius 2 is 2.19 bits per heavy atom. The largest absolute Gasteiger partial charge is 0.486 e. The number of ether oxygens (including phenoxy) is 3. The van der Waals surface area contributed by atoms with Crippen LogP contribution in [-0.4, -0.2) is 35.7 Å². The fourth-order valence-corrected chi connectivity index (χ4v) is 1.89. The minimum Gasteiger partial charge on any atom is -0.486 e. The summed E-state index contributed by atoms with van der Waals surface area (Å²) in [4.78, 5) is 18.6. The molecule has 0 fully saturated rings. The van der Waals surface area contributed by atoms with Crippen molar-refractivity contribution in [2.24, 2.45) is 0 Å². The Labute approximate surface area is 121 Å². The first kappa shape index (κ1) is 13.3. The zero-order valence-electron chi connectivity index (χ0n) is 11.3. The maximum Gasteiger partial charge on any atom is 0.258 e. The molecule has 0 saturated carbocycles. The molecule has 0 radical (unpaired) electrons. The van der Waals surface area contributed by atoms with Gasteiger partial charge >= 0.3 is 0 Å². The fourth-order valence-electron chi connectivity index (χ4n) is 1.89. The second kappa shape index (κ2) is 6.17. The molecule has 3 rings (SSSR count). The molecule has 7 nitrogen and oxygen atoms in total. The summed E-state index contributed by atoms with van der Waals surface area (Å²) in [6.07, 6.45) is 3.33. The summed E-state index contributed by atoms with van der Waals surface area (Å²) < 4.78 is 16.3. The van der Waals surface area contributed by atoms with Crippen LogP contribution in [0.5, 0.6) is 17.2 Å². The van der Waals surface area contributed by atoms with Gasteiger partial charge in [0.1, 0.15) is 24.8 Å². The zero-order chi connectivity index (χ0) is 14.5. The number of fused-ring (bicyclic) bond motifs is 1. The number of hydrogen-bond donors (Lipinski definition) is 2. The van der Waals surface area contributed by atoms with Gasteiger partial charge in [-0.25, -0.2) is 4.98 Å². The predicted octanol–water partition coefficient (Wildman–Crippen LogP) is 0.876. The first-order chi connectivity index (χ1) is 10.3. The van der Waals surface area contributed by atoms with E-state index in [0.717, 1.165) is 0 Å². The number of nitrogens with zero attached hydrogens (tertiary/aromatic N) is 1. The maximum absolute atomic E-state index is 11.7. The average molecular weight is 289 g/mol. The summed E-state index contributed by atoms with van der Waals surface area (Å²) in [5.41, 5.74) is 0. The van der Waals surface area contributed by atoms with Gasteiger partial charge in [-0.1, -0.05) is 0 Å². The lowest BCUT2D eigenvalue weighted by Crippen LogP contribution is -2.28. The normalized spacial score (nSPS) is 12.8. The highest BCUT2D eigenvalue weighted by molar-refractivity contribution is 5.77. The van der Waals surface area contributed by atoms with E-state index in [1.807, 2.05) is 0 Å². The molecule has 2 heterocycles. The minimum absolute atomic E-state index is 0.0691. The van der Waals surface area contributed by atoms with Gasteiger partial charge in [-0.3, -0.25) is 4.79 Å². The lowest BCUT2D eigenvalue weighted by Gasteiger charge is -2.18. The summed E-state index contributed by atoms with van der Waals surface area (Å²) in [7, 11) is 0. The van der Waals surface area contributed by atoms with Gasteiger partial charge in [0.05, 0.1) is 6.54 Å². The molecule has 1 aromatic heterocycles. The van der Waals surface area contributed by atoms with E-state index in [4.69, 9.17) is 14.2 Å². The Morgan fingerprint density at radius 3 is 3.00 bits per heavy atom. The van der Waals surface area contributed by atoms with E-state index in [1.54, 1.807) is 30.6 Å². The third-order valence-electron chi connectivity index (χ3n) is 2.89. The molecule has 0 saturated heterocycles. The van der Waals surface area contributed by atoms with E-state index in [-0.39, 0.29) is 12.5 Å². The standard InChI is InChI=1S/C14H15N3O4/c18-14(17-8-13-15-3-4-16-13)9-21-10-1-2-11-12(7-10)20-6-5-19-11/h1-4,7H,5-6,8-9H2,(H,15,16)(H,17,18). The number of carbonyl (C=O) groups excluding carboxylic acids is 1. The quantitative estimate of drug-likeness (QED) is 0.853. The number of hydrogen-bond acceptors (Lipinski definition) is 5. The van der Waals surface area contributed by atoms with Crippen molar-refractivity contribution >= 4 is 5.91 Å². The highest BCUT2D eigenvalue weighted by atomic mass is 16.6. The summed E-state index contributed by atoms with van der Waals surface area (Å²) in [5, 5.41) is 2.70. The SMILES string of the molecule is O=C(COc1ccc2c(c1)OCCO2)NCc1ncc[nH]1. The van der Waals surface area contributed by atoms with Crippen molar-refractivity contribution in [3.63, 3.8) is 0 Å². The second-order valence-electron chi connectivity index (χ2n) is 4.41. The number of aromatic amines is 1. The van der Waals surface area contributed by atoms with Crippen LogP contribution in [0.25, 0.3) is 0 Å². The monoisotopic (exact) mass is 289 g/mol. The Hall–Kier alpha value is -2.70. The lowest BCUT2D eigenvalue weighted by molar-refractivity contribution is -0.123. The smallest absolute Gasteiger partial charge is 0.258 e. The number of aromatic nitrogens is 2. The molecular formula is C14H15N3O4.